The van der Waals surface area contributed by atoms with Crippen LogP contribution in [-0.2, 0) is 6.54 Å². The smallest absolute Gasteiger partial charge is 0.233 e. The first-order chi connectivity index (χ1) is 10.5. The molecule has 2 atom stereocenters. The molecular weight excluding hydrogens is 280 g/mol. The van der Waals surface area contributed by atoms with Crippen LogP contribution in [0.5, 0.6) is 0 Å². The minimum atomic E-state index is 0.136. The van der Waals surface area contributed by atoms with Gasteiger partial charge in [0.1, 0.15) is 11.6 Å². The molecule has 7 nitrogen and oxygen atoms in total. The van der Waals surface area contributed by atoms with Gasteiger partial charge in [0.25, 0.3) is 0 Å². The molecule has 2 aromatic rings. The van der Waals surface area contributed by atoms with Crippen LogP contribution in [0, 0.1) is 20.8 Å². The Morgan fingerprint density at radius 3 is 2.68 bits per heavy atom. The number of hydrogen-bond donors (Lipinski definition) is 0. The van der Waals surface area contributed by atoms with E-state index < -0.39 is 0 Å². The van der Waals surface area contributed by atoms with E-state index in [0.29, 0.717) is 17.8 Å². The Kier molecular flexibility index (Phi) is 4.24. The summed E-state index contributed by atoms with van der Waals surface area (Å²) in [6.45, 7) is 9.84. The van der Waals surface area contributed by atoms with Crippen LogP contribution in [-0.4, -0.2) is 42.4 Å². The predicted octanol–water partition coefficient (Wildman–Crippen LogP) is 2.20. The Bertz CT molecular complexity index is 634. The Morgan fingerprint density at radius 2 is 2.05 bits per heavy atom. The van der Waals surface area contributed by atoms with Crippen LogP contribution in [0.4, 0.5) is 0 Å². The molecule has 1 aliphatic heterocycles. The molecule has 7 heteroatoms. The van der Waals surface area contributed by atoms with Crippen molar-refractivity contribution < 1.29 is 4.42 Å². The SMILES string of the molecule is Cc1nc(C)n(C[C@H]2CCCCN2[C@@H](C)c2nnc(C)o2)n1. The first-order valence-electron chi connectivity index (χ1n) is 7.98. The van der Waals surface area contributed by atoms with Gasteiger partial charge in [-0.1, -0.05) is 6.42 Å². The van der Waals surface area contributed by atoms with Crippen LogP contribution >= 0.6 is 0 Å². The van der Waals surface area contributed by atoms with Gasteiger partial charge in [0, 0.05) is 13.0 Å². The highest BCUT2D eigenvalue weighted by atomic mass is 16.4. The average molecular weight is 304 g/mol. The van der Waals surface area contributed by atoms with E-state index in [4.69, 9.17) is 4.42 Å². The normalized spacial score (nSPS) is 21.2. The van der Waals surface area contributed by atoms with E-state index in [9.17, 15) is 0 Å². The molecule has 1 saturated heterocycles. The zero-order valence-corrected chi connectivity index (χ0v) is 13.8. The molecule has 0 aliphatic carbocycles. The third-order valence-electron chi connectivity index (χ3n) is 4.42. The summed E-state index contributed by atoms with van der Waals surface area (Å²) in [5.74, 6) is 3.14. The summed E-state index contributed by atoms with van der Waals surface area (Å²) in [5, 5.41) is 12.7. The minimum Gasteiger partial charge on any atom is -0.424 e. The highest BCUT2D eigenvalue weighted by molar-refractivity contribution is 4.94. The molecule has 1 aliphatic rings. The van der Waals surface area contributed by atoms with Crippen molar-refractivity contribution in [3.8, 4) is 0 Å². The molecule has 1 fully saturated rings. The number of piperidine rings is 1. The number of likely N-dealkylation sites (tertiary alicyclic amines) is 1. The van der Waals surface area contributed by atoms with Crippen molar-refractivity contribution in [3.63, 3.8) is 0 Å². The molecule has 0 radical (unpaired) electrons. The summed E-state index contributed by atoms with van der Waals surface area (Å²) in [6, 6.07) is 0.562. The van der Waals surface area contributed by atoms with Crippen molar-refractivity contribution in [1.29, 1.82) is 0 Å². The molecule has 22 heavy (non-hydrogen) atoms. The predicted molar refractivity (Wildman–Crippen MR) is 81.3 cm³/mol. The zero-order chi connectivity index (χ0) is 15.7. The van der Waals surface area contributed by atoms with Crippen LogP contribution in [0.2, 0.25) is 0 Å². The number of aromatic nitrogens is 5. The first-order valence-corrected chi connectivity index (χ1v) is 7.98. The summed E-state index contributed by atoms with van der Waals surface area (Å²) in [7, 11) is 0. The van der Waals surface area contributed by atoms with Crippen LogP contribution in [0.1, 0.15) is 55.7 Å². The maximum atomic E-state index is 5.63. The summed E-state index contributed by atoms with van der Waals surface area (Å²) >= 11 is 0. The number of rotatable bonds is 4. The lowest BCUT2D eigenvalue weighted by molar-refractivity contribution is 0.0743. The van der Waals surface area contributed by atoms with E-state index in [-0.39, 0.29) is 6.04 Å². The van der Waals surface area contributed by atoms with Crippen molar-refractivity contribution in [2.75, 3.05) is 6.54 Å². The van der Waals surface area contributed by atoms with E-state index in [0.717, 1.165) is 31.2 Å². The van der Waals surface area contributed by atoms with Crippen molar-refractivity contribution in [3.05, 3.63) is 23.4 Å². The largest absolute Gasteiger partial charge is 0.424 e. The van der Waals surface area contributed by atoms with Crippen molar-refractivity contribution >= 4 is 0 Å². The fourth-order valence-corrected chi connectivity index (χ4v) is 3.29. The molecule has 0 amide bonds. The number of aryl methyl sites for hydroxylation is 3. The molecule has 0 aromatic carbocycles. The molecule has 0 unspecified atom stereocenters. The topological polar surface area (TPSA) is 72.9 Å². The van der Waals surface area contributed by atoms with Gasteiger partial charge in [-0.15, -0.1) is 10.2 Å². The summed E-state index contributed by atoms with van der Waals surface area (Å²) < 4.78 is 7.64. The molecule has 0 N–H and O–H groups in total. The molecule has 0 spiro atoms. The van der Waals surface area contributed by atoms with Crippen LogP contribution in [0.3, 0.4) is 0 Å². The van der Waals surface area contributed by atoms with Crippen molar-refractivity contribution in [2.24, 2.45) is 0 Å². The van der Waals surface area contributed by atoms with Gasteiger partial charge in [-0.2, -0.15) is 5.10 Å². The summed E-state index contributed by atoms with van der Waals surface area (Å²) in [4.78, 5) is 6.87. The van der Waals surface area contributed by atoms with Gasteiger partial charge < -0.3 is 4.42 Å². The molecule has 3 heterocycles. The van der Waals surface area contributed by atoms with Gasteiger partial charge in [0.05, 0.1) is 12.6 Å². The van der Waals surface area contributed by atoms with Gasteiger partial charge >= 0.3 is 0 Å². The van der Waals surface area contributed by atoms with E-state index in [1.807, 2.05) is 25.5 Å². The van der Waals surface area contributed by atoms with Gasteiger partial charge in [-0.05, 0) is 40.2 Å². The van der Waals surface area contributed by atoms with E-state index >= 15 is 0 Å². The van der Waals surface area contributed by atoms with Crippen molar-refractivity contribution in [1.82, 2.24) is 29.9 Å². The quantitative estimate of drug-likeness (QED) is 0.862. The molecular formula is C15H24N6O. The molecule has 0 bridgehead atoms. The van der Waals surface area contributed by atoms with Gasteiger partial charge in [-0.3, -0.25) is 4.90 Å². The lowest BCUT2D eigenvalue weighted by atomic mass is 10.00. The molecule has 0 saturated carbocycles. The average Bonchev–Trinajstić information content (AvgIpc) is 3.05. The van der Waals surface area contributed by atoms with Crippen LogP contribution in [0.15, 0.2) is 4.42 Å². The molecule has 120 valence electrons. The fraction of sp³-hybridized carbons (Fsp3) is 0.733. The highest BCUT2D eigenvalue weighted by Gasteiger charge is 2.30. The van der Waals surface area contributed by atoms with Gasteiger partial charge in [0.15, 0.2) is 0 Å². The second kappa shape index (κ2) is 6.16. The first kappa shape index (κ1) is 15.1. The van der Waals surface area contributed by atoms with E-state index in [2.05, 4.69) is 32.1 Å². The lowest BCUT2D eigenvalue weighted by Crippen LogP contribution is -2.43. The van der Waals surface area contributed by atoms with Gasteiger partial charge in [-0.25, -0.2) is 9.67 Å². The third-order valence-corrected chi connectivity index (χ3v) is 4.42. The Labute approximate surface area is 130 Å². The molecule has 3 rings (SSSR count). The maximum absolute atomic E-state index is 5.63. The number of nitrogens with zero attached hydrogens (tertiary/aromatic N) is 6. The maximum Gasteiger partial charge on any atom is 0.233 e. The zero-order valence-electron chi connectivity index (χ0n) is 13.8. The third kappa shape index (κ3) is 3.04. The Hall–Kier alpha value is -1.76. The second-order valence-corrected chi connectivity index (χ2v) is 6.11. The standard InChI is InChI=1S/C15H24N6O/c1-10(15-18-17-13(4)22-15)20-8-6-5-7-14(20)9-21-12(3)16-11(2)19-21/h10,14H,5-9H2,1-4H3/t10-,14+/m0/s1. The monoisotopic (exact) mass is 304 g/mol. The summed E-state index contributed by atoms with van der Waals surface area (Å²) in [5.41, 5.74) is 0. The lowest BCUT2D eigenvalue weighted by Gasteiger charge is -2.38. The minimum absolute atomic E-state index is 0.136. The highest BCUT2D eigenvalue weighted by Crippen LogP contribution is 2.28. The molecule has 2 aromatic heterocycles. The van der Waals surface area contributed by atoms with Gasteiger partial charge in [0.2, 0.25) is 11.8 Å². The van der Waals surface area contributed by atoms with E-state index in [1.165, 1.54) is 12.8 Å². The van der Waals surface area contributed by atoms with Crippen LogP contribution < -0.4 is 0 Å². The summed E-state index contributed by atoms with van der Waals surface area (Å²) in [6.07, 6.45) is 3.63. The van der Waals surface area contributed by atoms with E-state index in [1.54, 1.807) is 0 Å². The Morgan fingerprint density at radius 1 is 1.23 bits per heavy atom. The van der Waals surface area contributed by atoms with Crippen molar-refractivity contribution in [2.45, 2.75) is 65.6 Å². The number of hydrogen-bond acceptors (Lipinski definition) is 6. The fourth-order valence-electron chi connectivity index (χ4n) is 3.29. The Balaban J connectivity index is 1.77. The second-order valence-electron chi connectivity index (χ2n) is 6.11. The van der Waals surface area contributed by atoms with Crippen LogP contribution in [0.25, 0.3) is 0 Å².